The SMILES string of the molecule is COc1ccc(OCCN(C)C(=O)c2ccc3c(c2)CC(C)N3S(C)(=O)=O)cc1. The van der Waals surface area contributed by atoms with Crippen molar-refractivity contribution < 1.29 is 22.7 Å². The summed E-state index contributed by atoms with van der Waals surface area (Å²) < 4.78 is 36.3. The Balaban J connectivity index is 1.62. The fraction of sp³-hybridized carbons (Fsp3) is 0.381. The number of carbonyl (C=O) groups is 1. The van der Waals surface area contributed by atoms with E-state index in [9.17, 15) is 13.2 Å². The van der Waals surface area contributed by atoms with Crippen molar-refractivity contribution in [3.8, 4) is 11.5 Å². The zero-order valence-electron chi connectivity index (χ0n) is 17.1. The van der Waals surface area contributed by atoms with E-state index in [1.54, 1.807) is 37.3 Å². The summed E-state index contributed by atoms with van der Waals surface area (Å²) in [4.78, 5) is 14.3. The summed E-state index contributed by atoms with van der Waals surface area (Å²) in [6.45, 7) is 2.65. The molecule has 1 aliphatic rings. The monoisotopic (exact) mass is 418 g/mol. The molecule has 1 unspecified atom stereocenters. The quantitative estimate of drug-likeness (QED) is 0.691. The van der Waals surface area contributed by atoms with E-state index in [2.05, 4.69) is 0 Å². The van der Waals surface area contributed by atoms with Gasteiger partial charge in [-0.2, -0.15) is 0 Å². The molecule has 2 aromatic carbocycles. The molecule has 0 aromatic heterocycles. The highest BCUT2D eigenvalue weighted by Gasteiger charge is 2.33. The Labute approximate surface area is 171 Å². The van der Waals surface area contributed by atoms with Crippen molar-refractivity contribution in [2.24, 2.45) is 0 Å². The average Bonchev–Trinajstić information content (AvgIpc) is 3.02. The highest BCUT2D eigenvalue weighted by atomic mass is 32.2. The van der Waals surface area contributed by atoms with Crippen LogP contribution >= 0.6 is 0 Å². The van der Waals surface area contributed by atoms with Crippen LogP contribution in [0.5, 0.6) is 11.5 Å². The molecule has 7 nitrogen and oxygen atoms in total. The number of sulfonamides is 1. The average molecular weight is 419 g/mol. The van der Waals surface area contributed by atoms with Crippen molar-refractivity contribution in [2.45, 2.75) is 19.4 Å². The number of methoxy groups -OCH3 is 1. The van der Waals surface area contributed by atoms with E-state index in [0.717, 1.165) is 11.3 Å². The largest absolute Gasteiger partial charge is 0.497 e. The van der Waals surface area contributed by atoms with Crippen molar-refractivity contribution in [3.05, 3.63) is 53.6 Å². The van der Waals surface area contributed by atoms with Crippen LogP contribution < -0.4 is 13.8 Å². The van der Waals surface area contributed by atoms with E-state index in [4.69, 9.17) is 9.47 Å². The molecular formula is C21H26N2O5S. The van der Waals surface area contributed by atoms with Gasteiger partial charge in [0.1, 0.15) is 18.1 Å². The first-order valence-electron chi connectivity index (χ1n) is 9.35. The van der Waals surface area contributed by atoms with Crippen molar-refractivity contribution >= 4 is 21.6 Å². The van der Waals surface area contributed by atoms with Gasteiger partial charge in [-0.3, -0.25) is 9.10 Å². The lowest BCUT2D eigenvalue weighted by Crippen LogP contribution is -2.34. The Bertz CT molecular complexity index is 989. The summed E-state index contributed by atoms with van der Waals surface area (Å²) in [5.74, 6) is 1.33. The van der Waals surface area contributed by atoms with E-state index >= 15 is 0 Å². The molecule has 0 N–H and O–H groups in total. The molecule has 2 aromatic rings. The molecule has 156 valence electrons. The second kappa shape index (κ2) is 8.32. The second-order valence-electron chi connectivity index (χ2n) is 7.21. The van der Waals surface area contributed by atoms with Gasteiger partial charge in [0.15, 0.2) is 0 Å². The Morgan fingerprint density at radius 3 is 2.45 bits per heavy atom. The van der Waals surface area contributed by atoms with Gasteiger partial charge >= 0.3 is 0 Å². The Morgan fingerprint density at radius 1 is 1.17 bits per heavy atom. The van der Waals surface area contributed by atoms with Gasteiger partial charge in [0.2, 0.25) is 10.0 Å². The number of fused-ring (bicyclic) bond motifs is 1. The minimum Gasteiger partial charge on any atom is -0.497 e. The van der Waals surface area contributed by atoms with E-state index in [1.165, 1.54) is 10.6 Å². The van der Waals surface area contributed by atoms with Crippen LogP contribution in [0, 0.1) is 0 Å². The highest BCUT2D eigenvalue weighted by molar-refractivity contribution is 7.92. The molecule has 0 bridgehead atoms. The first-order valence-corrected chi connectivity index (χ1v) is 11.2. The predicted molar refractivity (Wildman–Crippen MR) is 112 cm³/mol. The van der Waals surface area contributed by atoms with Crippen LogP contribution in [0.3, 0.4) is 0 Å². The van der Waals surface area contributed by atoms with Crippen LogP contribution in [-0.4, -0.2) is 58.8 Å². The maximum Gasteiger partial charge on any atom is 0.253 e. The Hall–Kier alpha value is -2.74. The van der Waals surface area contributed by atoms with Crippen molar-refractivity contribution in [2.75, 3.05) is 37.9 Å². The van der Waals surface area contributed by atoms with Crippen molar-refractivity contribution in [1.82, 2.24) is 4.90 Å². The van der Waals surface area contributed by atoms with E-state index in [1.807, 2.05) is 31.2 Å². The van der Waals surface area contributed by atoms with Gasteiger partial charge in [0.25, 0.3) is 5.91 Å². The third kappa shape index (κ3) is 4.64. The molecule has 8 heteroatoms. The van der Waals surface area contributed by atoms with Gasteiger partial charge < -0.3 is 14.4 Å². The minimum atomic E-state index is -3.34. The molecule has 1 aliphatic heterocycles. The van der Waals surface area contributed by atoms with Crippen molar-refractivity contribution in [1.29, 1.82) is 0 Å². The summed E-state index contributed by atoms with van der Waals surface area (Å²) in [7, 11) is -0.0173. The molecule has 0 saturated carbocycles. The Morgan fingerprint density at radius 2 is 1.83 bits per heavy atom. The van der Waals surface area contributed by atoms with Gasteiger partial charge in [-0.05, 0) is 61.4 Å². The number of benzene rings is 2. The molecule has 1 atom stereocenters. The standard InChI is InChI=1S/C21H26N2O5S/c1-15-13-17-14-16(5-10-20(17)23(15)29(4,25)26)21(24)22(2)11-12-28-19-8-6-18(27-3)7-9-19/h5-10,14-15H,11-13H2,1-4H3. The number of hydrogen-bond donors (Lipinski definition) is 0. The number of rotatable bonds is 7. The molecule has 0 saturated heterocycles. The molecule has 3 rings (SSSR count). The topological polar surface area (TPSA) is 76.2 Å². The Kier molecular flexibility index (Phi) is 6.02. The lowest BCUT2D eigenvalue weighted by atomic mass is 10.1. The number of ether oxygens (including phenoxy) is 2. The van der Waals surface area contributed by atoms with Crippen LogP contribution in [0.25, 0.3) is 0 Å². The molecule has 0 aliphatic carbocycles. The number of carbonyl (C=O) groups excluding carboxylic acids is 1. The zero-order chi connectivity index (χ0) is 21.2. The summed E-state index contributed by atoms with van der Waals surface area (Å²) in [6, 6.07) is 12.3. The number of likely N-dealkylation sites (N-methyl/N-ethyl adjacent to an activating group) is 1. The zero-order valence-corrected chi connectivity index (χ0v) is 17.9. The molecule has 0 spiro atoms. The van der Waals surface area contributed by atoms with Gasteiger partial charge in [0, 0.05) is 18.7 Å². The molecule has 29 heavy (non-hydrogen) atoms. The molecular weight excluding hydrogens is 392 g/mol. The summed E-state index contributed by atoms with van der Waals surface area (Å²) >= 11 is 0. The fourth-order valence-corrected chi connectivity index (χ4v) is 4.80. The molecule has 0 radical (unpaired) electrons. The van der Waals surface area contributed by atoms with E-state index < -0.39 is 10.0 Å². The van der Waals surface area contributed by atoms with Crippen LogP contribution in [0.2, 0.25) is 0 Å². The van der Waals surface area contributed by atoms with Crippen molar-refractivity contribution in [3.63, 3.8) is 0 Å². The predicted octanol–water partition coefficient (Wildman–Crippen LogP) is 2.56. The summed E-state index contributed by atoms with van der Waals surface area (Å²) in [6.07, 6.45) is 1.79. The normalized spacial score (nSPS) is 15.7. The van der Waals surface area contributed by atoms with E-state index in [-0.39, 0.29) is 11.9 Å². The highest BCUT2D eigenvalue weighted by Crippen LogP contribution is 2.34. The first kappa shape index (κ1) is 21.0. The maximum atomic E-state index is 12.8. The first-order chi connectivity index (χ1) is 13.7. The third-order valence-electron chi connectivity index (χ3n) is 4.94. The number of nitrogens with zero attached hydrogens (tertiary/aromatic N) is 2. The van der Waals surface area contributed by atoms with Gasteiger partial charge in [-0.25, -0.2) is 8.42 Å². The van der Waals surface area contributed by atoms with Crippen LogP contribution in [0.15, 0.2) is 42.5 Å². The van der Waals surface area contributed by atoms with Crippen LogP contribution in [0.4, 0.5) is 5.69 Å². The van der Waals surface area contributed by atoms with Gasteiger partial charge in [0.05, 0.1) is 25.6 Å². The third-order valence-corrected chi connectivity index (χ3v) is 6.21. The molecule has 0 fully saturated rings. The number of amides is 1. The smallest absolute Gasteiger partial charge is 0.253 e. The van der Waals surface area contributed by atoms with Gasteiger partial charge in [-0.1, -0.05) is 0 Å². The summed E-state index contributed by atoms with van der Waals surface area (Å²) in [5, 5.41) is 0. The minimum absolute atomic E-state index is 0.128. The lowest BCUT2D eigenvalue weighted by Gasteiger charge is -2.22. The lowest BCUT2D eigenvalue weighted by molar-refractivity contribution is 0.0773. The summed E-state index contributed by atoms with van der Waals surface area (Å²) in [5.41, 5.74) is 2.07. The van der Waals surface area contributed by atoms with Gasteiger partial charge in [-0.15, -0.1) is 0 Å². The maximum absolute atomic E-state index is 12.8. The van der Waals surface area contributed by atoms with Crippen LogP contribution in [0.1, 0.15) is 22.8 Å². The molecule has 1 heterocycles. The number of anilines is 1. The fourth-order valence-electron chi connectivity index (χ4n) is 3.54. The number of hydrogen-bond acceptors (Lipinski definition) is 5. The van der Waals surface area contributed by atoms with Crippen LogP contribution in [-0.2, 0) is 16.4 Å². The van der Waals surface area contributed by atoms with E-state index in [0.29, 0.717) is 36.6 Å². The molecule has 1 amide bonds. The second-order valence-corrected chi connectivity index (χ2v) is 9.07.